The van der Waals surface area contributed by atoms with Gasteiger partial charge in [-0.25, -0.2) is 4.98 Å². The average Bonchev–Trinajstić information content (AvgIpc) is 3.27. The van der Waals surface area contributed by atoms with Crippen LogP contribution in [0.1, 0.15) is 25.0 Å². The molecule has 1 N–H and O–H groups in total. The molecule has 0 saturated heterocycles. The Morgan fingerprint density at radius 1 is 1.38 bits per heavy atom. The molecule has 1 amide bonds. The Hall–Kier alpha value is -2.56. The van der Waals surface area contributed by atoms with E-state index in [9.17, 15) is 4.79 Å². The Morgan fingerprint density at radius 2 is 2.21 bits per heavy atom. The Bertz CT molecular complexity index is 704. The second-order valence-corrected chi connectivity index (χ2v) is 5.94. The van der Waals surface area contributed by atoms with Gasteiger partial charge >= 0.3 is 0 Å². The van der Waals surface area contributed by atoms with Crippen molar-refractivity contribution in [2.45, 2.75) is 25.7 Å². The lowest BCUT2D eigenvalue weighted by molar-refractivity contribution is -0.121. The Balaban J connectivity index is 1.47. The number of allylic oxidation sites excluding steroid dienone is 2. The van der Waals surface area contributed by atoms with Gasteiger partial charge < -0.3 is 14.5 Å². The molecular formula is C19H22N2O3. The molecule has 1 aliphatic rings. The van der Waals surface area contributed by atoms with Crippen LogP contribution in [0, 0.1) is 5.92 Å². The number of rotatable bonds is 7. The van der Waals surface area contributed by atoms with E-state index in [2.05, 4.69) is 22.5 Å². The lowest BCUT2D eigenvalue weighted by Gasteiger charge is -2.07. The van der Waals surface area contributed by atoms with Crippen LogP contribution in [-0.4, -0.2) is 24.5 Å². The number of ether oxygens (including phenoxy) is 1. The number of carbonyl (C=O) groups is 1. The van der Waals surface area contributed by atoms with Crippen LogP contribution in [0.2, 0.25) is 0 Å². The largest absolute Gasteiger partial charge is 0.497 e. The van der Waals surface area contributed by atoms with Crippen molar-refractivity contribution in [2.24, 2.45) is 5.92 Å². The maximum Gasteiger partial charge on any atom is 0.226 e. The summed E-state index contributed by atoms with van der Waals surface area (Å²) in [4.78, 5) is 16.3. The Morgan fingerprint density at radius 3 is 2.92 bits per heavy atom. The minimum Gasteiger partial charge on any atom is -0.497 e. The predicted molar refractivity (Wildman–Crippen MR) is 91.7 cm³/mol. The molecule has 5 heteroatoms. The highest BCUT2D eigenvalue weighted by atomic mass is 16.5. The summed E-state index contributed by atoms with van der Waals surface area (Å²) in [6.07, 6.45) is 9.34. The zero-order valence-corrected chi connectivity index (χ0v) is 13.8. The molecule has 0 radical (unpaired) electrons. The quantitative estimate of drug-likeness (QED) is 0.792. The van der Waals surface area contributed by atoms with Gasteiger partial charge in [0.25, 0.3) is 0 Å². The van der Waals surface area contributed by atoms with E-state index in [4.69, 9.17) is 9.15 Å². The molecule has 1 atom stereocenters. The summed E-state index contributed by atoms with van der Waals surface area (Å²) in [5, 5.41) is 2.95. The second-order valence-electron chi connectivity index (χ2n) is 5.94. The highest BCUT2D eigenvalue weighted by Gasteiger charge is 2.14. The van der Waals surface area contributed by atoms with E-state index in [0.717, 1.165) is 29.8 Å². The van der Waals surface area contributed by atoms with Gasteiger partial charge in [-0.3, -0.25) is 4.79 Å². The number of hydrogen-bond acceptors (Lipinski definition) is 4. The first-order valence-corrected chi connectivity index (χ1v) is 8.27. The monoisotopic (exact) mass is 326 g/mol. The molecule has 1 aliphatic carbocycles. The zero-order valence-electron chi connectivity index (χ0n) is 13.8. The number of hydrogen-bond donors (Lipinski definition) is 1. The molecule has 0 fully saturated rings. The number of carbonyl (C=O) groups excluding carboxylic acids is 1. The van der Waals surface area contributed by atoms with Crippen molar-refractivity contribution < 1.29 is 13.9 Å². The molecule has 24 heavy (non-hydrogen) atoms. The van der Waals surface area contributed by atoms with Crippen LogP contribution in [0.5, 0.6) is 5.75 Å². The smallest absolute Gasteiger partial charge is 0.226 e. The topological polar surface area (TPSA) is 64.4 Å². The Kier molecular flexibility index (Phi) is 5.31. The van der Waals surface area contributed by atoms with Crippen molar-refractivity contribution in [3.63, 3.8) is 0 Å². The van der Waals surface area contributed by atoms with Crippen LogP contribution < -0.4 is 10.1 Å². The van der Waals surface area contributed by atoms with Crippen molar-refractivity contribution in [1.29, 1.82) is 0 Å². The molecule has 126 valence electrons. The number of nitrogens with one attached hydrogen (secondary N) is 1. The van der Waals surface area contributed by atoms with Gasteiger partial charge in [0.15, 0.2) is 0 Å². The van der Waals surface area contributed by atoms with Gasteiger partial charge in [0.05, 0.1) is 12.8 Å². The summed E-state index contributed by atoms with van der Waals surface area (Å²) in [6, 6.07) is 7.56. The first-order valence-electron chi connectivity index (χ1n) is 8.27. The van der Waals surface area contributed by atoms with Crippen molar-refractivity contribution in [1.82, 2.24) is 10.3 Å². The molecule has 0 aliphatic heterocycles. The fourth-order valence-corrected chi connectivity index (χ4v) is 2.79. The third-order valence-corrected chi connectivity index (χ3v) is 4.15. The maximum absolute atomic E-state index is 11.9. The van der Waals surface area contributed by atoms with Gasteiger partial charge in [0.1, 0.15) is 12.0 Å². The van der Waals surface area contributed by atoms with E-state index in [1.165, 1.54) is 0 Å². The van der Waals surface area contributed by atoms with E-state index >= 15 is 0 Å². The normalized spacial score (nSPS) is 16.3. The number of benzene rings is 1. The molecular weight excluding hydrogens is 304 g/mol. The minimum atomic E-state index is 0.102. The van der Waals surface area contributed by atoms with Gasteiger partial charge in [0, 0.05) is 24.9 Å². The molecule has 0 spiro atoms. The summed E-state index contributed by atoms with van der Waals surface area (Å²) in [7, 11) is 1.63. The first kappa shape index (κ1) is 16.3. The van der Waals surface area contributed by atoms with Gasteiger partial charge in [-0.1, -0.05) is 12.2 Å². The van der Waals surface area contributed by atoms with Crippen molar-refractivity contribution >= 4 is 5.91 Å². The number of methoxy groups -OCH3 is 1. The van der Waals surface area contributed by atoms with Gasteiger partial charge in [-0.05, 0) is 43.0 Å². The summed E-state index contributed by atoms with van der Waals surface area (Å²) in [5.74, 6) is 1.88. The van der Waals surface area contributed by atoms with Crippen LogP contribution >= 0.6 is 0 Å². The lowest BCUT2D eigenvalue weighted by Crippen LogP contribution is -2.27. The summed E-state index contributed by atoms with van der Waals surface area (Å²) in [6.45, 7) is 0.573. The van der Waals surface area contributed by atoms with Crippen LogP contribution in [-0.2, 0) is 11.2 Å². The van der Waals surface area contributed by atoms with Crippen molar-refractivity contribution in [3.8, 4) is 17.2 Å². The standard InChI is InChI=1S/C19H22N2O3/c1-23-17-8-6-15(7-9-17)19-21-16(13-24-19)10-11-20-18(22)12-14-4-2-3-5-14/h2,4,6-9,13-14H,3,5,10-12H2,1H3,(H,20,22)/t14-/m0/s1. The minimum absolute atomic E-state index is 0.102. The van der Waals surface area contributed by atoms with E-state index in [0.29, 0.717) is 31.2 Å². The summed E-state index contributed by atoms with van der Waals surface area (Å²) >= 11 is 0. The highest BCUT2D eigenvalue weighted by molar-refractivity contribution is 5.76. The van der Waals surface area contributed by atoms with E-state index in [1.54, 1.807) is 13.4 Å². The van der Waals surface area contributed by atoms with Crippen LogP contribution in [0.3, 0.4) is 0 Å². The van der Waals surface area contributed by atoms with E-state index in [1.807, 2.05) is 24.3 Å². The molecule has 5 nitrogen and oxygen atoms in total. The molecule has 0 bridgehead atoms. The van der Waals surface area contributed by atoms with Gasteiger partial charge in [-0.2, -0.15) is 0 Å². The molecule has 2 aromatic rings. The lowest BCUT2D eigenvalue weighted by atomic mass is 10.1. The fourth-order valence-electron chi connectivity index (χ4n) is 2.79. The molecule has 0 saturated carbocycles. The van der Waals surface area contributed by atoms with Crippen LogP contribution in [0.4, 0.5) is 0 Å². The molecule has 0 unspecified atom stereocenters. The SMILES string of the molecule is COc1ccc(-c2nc(CCNC(=O)C[C@H]3C=CCC3)co2)cc1. The highest BCUT2D eigenvalue weighted by Crippen LogP contribution is 2.22. The summed E-state index contributed by atoms with van der Waals surface area (Å²) in [5.41, 5.74) is 1.74. The van der Waals surface area contributed by atoms with E-state index < -0.39 is 0 Å². The number of amides is 1. The maximum atomic E-state index is 11.9. The summed E-state index contributed by atoms with van der Waals surface area (Å²) < 4.78 is 10.7. The van der Waals surface area contributed by atoms with Crippen LogP contribution in [0.25, 0.3) is 11.5 Å². The average molecular weight is 326 g/mol. The van der Waals surface area contributed by atoms with Gasteiger partial charge in [0.2, 0.25) is 11.8 Å². The van der Waals surface area contributed by atoms with Gasteiger partial charge in [-0.15, -0.1) is 0 Å². The molecule has 1 aromatic heterocycles. The number of aromatic nitrogens is 1. The second kappa shape index (κ2) is 7.81. The predicted octanol–water partition coefficient (Wildman–Crippen LogP) is 3.37. The molecule has 1 aromatic carbocycles. The first-order chi connectivity index (χ1) is 11.7. The molecule has 3 rings (SSSR count). The number of nitrogens with zero attached hydrogens (tertiary/aromatic N) is 1. The Labute approximate surface area is 141 Å². The zero-order chi connectivity index (χ0) is 16.8. The fraction of sp³-hybridized carbons (Fsp3) is 0.368. The van der Waals surface area contributed by atoms with Crippen LogP contribution in [0.15, 0.2) is 47.1 Å². The number of oxazole rings is 1. The van der Waals surface area contributed by atoms with Crippen molar-refractivity contribution in [3.05, 3.63) is 48.4 Å². The third-order valence-electron chi connectivity index (χ3n) is 4.15. The molecule has 1 heterocycles. The third kappa shape index (κ3) is 4.25. The van der Waals surface area contributed by atoms with Crippen molar-refractivity contribution in [2.75, 3.05) is 13.7 Å². The van der Waals surface area contributed by atoms with E-state index in [-0.39, 0.29) is 5.91 Å².